The first-order valence-corrected chi connectivity index (χ1v) is 3.98. The molecule has 1 rings (SSSR count). The largest absolute Gasteiger partial charge is 0.116 e. The summed E-state index contributed by atoms with van der Waals surface area (Å²) in [7, 11) is 0. The van der Waals surface area contributed by atoms with Gasteiger partial charge in [0, 0.05) is 0 Å². The van der Waals surface area contributed by atoms with Crippen molar-refractivity contribution in [3.63, 3.8) is 0 Å². The van der Waals surface area contributed by atoms with Crippen molar-refractivity contribution < 1.29 is 0 Å². The Morgan fingerprint density at radius 2 is 1.10 bits per heavy atom. The second-order valence-corrected chi connectivity index (χ2v) is 3.05. The Kier molecular flexibility index (Phi) is 3.04. The summed E-state index contributed by atoms with van der Waals surface area (Å²) in [6.07, 6.45) is 11.4. The molecule has 1 aliphatic rings. The van der Waals surface area contributed by atoms with Gasteiger partial charge in [0.25, 0.3) is 0 Å². The van der Waals surface area contributed by atoms with Gasteiger partial charge in [0.05, 0.1) is 10.8 Å². The van der Waals surface area contributed by atoms with Gasteiger partial charge in [0.1, 0.15) is 0 Å². The summed E-state index contributed by atoms with van der Waals surface area (Å²) in [6.45, 7) is 0. The Balaban J connectivity index is 2.71. The lowest BCUT2D eigenvalue weighted by atomic mass is 10.2. The van der Waals surface area contributed by atoms with Gasteiger partial charge in [0.15, 0.2) is 0 Å². The summed E-state index contributed by atoms with van der Waals surface area (Å²) in [4.78, 5) is 0. The minimum atomic E-state index is -0.0946. The van der Waals surface area contributed by atoms with E-state index in [-0.39, 0.29) is 10.8 Å². The lowest BCUT2D eigenvalue weighted by Crippen LogP contribution is -2.08. The molecule has 0 bridgehead atoms. The van der Waals surface area contributed by atoms with E-state index in [1.54, 1.807) is 0 Å². The molecule has 0 aromatic rings. The van der Waals surface area contributed by atoms with Crippen molar-refractivity contribution in [2.24, 2.45) is 0 Å². The quantitative estimate of drug-likeness (QED) is 0.496. The van der Waals surface area contributed by atoms with Gasteiger partial charge in [-0.1, -0.05) is 36.5 Å². The fourth-order valence-corrected chi connectivity index (χ4v) is 1.02. The zero-order valence-electron chi connectivity index (χ0n) is 5.37. The van der Waals surface area contributed by atoms with E-state index in [0.717, 1.165) is 0 Å². The van der Waals surface area contributed by atoms with Gasteiger partial charge in [-0.2, -0.15) is 0 Å². The topological polar surface area (TPSA) is 0 Å². The van der Waals surface area contributed by atoms with Gasteiger partial charge >= 0.3 is 0 Å². The smallest absolute Gasteiger partial charge is 0.0718 e. The van der Waals surface area contributed by atoms with Crippen molar-refractivity contribution in [3.8, 4) is 0 Å². The molecule has 0 saturated heterocycles. The minimum absolute atomic E-state index is 0.0946. The summed E-state index contributed by atoms with van der Waals surface area (Å²) < 4.78 is 0. The van der Waals surface area contributed by atoms with Crippen LogP contribution >= 0.6 is 23.2 Å². The maximum absolute atomic E-state index is 5.84. The molecule has 0 aromatic carbocycles. The Morgan fingerprint density at radius 1 is 0.700 bits per heavy atom. The maximum atomic E-state index is 5.84. The summed E-state index contributed by atoms with van der Waals surface area (Å²) >= 11 is 11.7. The highest BCUT2D eigenvalue weighted by molar-refractivity contribution is 6.31. The second-order valence-electron chi connectivity index (χ2n) is 2.04. The number of allylic oxidation sites excluding steroid dienone is 6. The Morgan fingerprint density at radius 3 is 1.50 bits per heavy atom. The van der Waals surface area contributed by atoms with E-state index in [4.69, 9.17) is 23.2 Å². The van der Waals surface area contributed by atoms with Crippen LogP contribution in [0.15, 0.2) is 36.5 Å². The van der Waals surface area contributed by atoms with Crippen molar-refractivity contribution >= 4 is 23.2 Å². The third kappa shape index (κ3) is 2.20. The highest BCUT2D eigenvalue weighted by atomic mass is 35.5. The molecular formula is C8H8Cl2. The Bertz CT molecular complexity index is 160. The van der Waals surface area contributed by atoms with E-state index >= 15 is 0 Å². The van der Waals surface area contributed by atoms with Crippen LogP contribution in [0.2, 0.25) is 0 Å². The van der Waals surface area contributed by atoms with Crippen LogP contribution in [-0.4, -0.2) is 10.8 Å². The molecule has 0 radical (unpaired) electrons. The number of alkyl halides is 2. The van der Waals surface area contributed by atoms with Crippen LogP contribution in [0.1, 0.15) is 0 Å². The van der Waals surface area contributed by atoms with Gasteiger partial charge in [0.2, 0.25) is 0 Å². The molecule has 0 nitrogen and oxygen atoms in total. The van der Waals surface area contributed by atoms with E-state index in [1.165, 1.54) is 0 Å². The standard InChI is InChI=1S/C8H8Cl2/c9-7-5-3-1-2-4-6-8(7)10/h1-8H/b2-1-,5-3-,6-4?/t7-,8+/m0/s1. The van der Waals surface area contributed by atoms with Gasteiger partial charge in [-0.05, 0) is 0 Å². The monoisotopic (exact) mass is 174 g/mol. The Labute approximate surface area is 70.8 Å². The molecule has 10 heavy (non-hydrogen) atoms. The zero-order valence-corrected chi connectivity index (χ0v) is 6.89. The molecule has 0 aromatic heterocycles. The molecule has 2 heteroatoms. The predicted molar refractivity (Wildman–Crippen MR) is 46.7 cm³/mol. The molecular weight excluding hydrogens is 167 g/mol. The van der Waals surface area contributed by atoms with Crippen molar-refractivity contribution in [3.05, 3.63) is 36.5 Å². The van der Waals surface area contributed by atoms with Crippen molar-refractivity contribution in [1.29, 1.82) is 0 Å². The van der Waals surface area contributed by atoms with Crippen molar-refractivity contribution in [2.45, 2.75) is 10.8 Å². The number of halogens is 2. The third-order valence-corrected chi connectivity index (χ3v) is 2.19. The fraction of sp³-hybridized carbons (Fsp3) is 0.250. The van der Waals surface area contributed by atoms with Crippen molar-refractivity contribution in [2.75, 3.05) is 0 Å². The van der Waals surface area contributed by atoms with Crippen LogP contribution < -0.4 is 0 Å². The third-order valence-electron chi connectivity index (χ3n) is 1.23. The first-order valence-electron chi connectivity index (χ1n) is 3.10. The molecule has 0 N–H and O–H groups in total. The van der Waals surface area contributed by atoms with E-state index in [0.29, 0.717) is 0 Å². The normalized spacial score (nSPS) is 38.2. The summed E-state index contributed by atoms with van der Waals surface area (Å²) in [5, 5.41) is -0.189. The van der Waals surface area contributed by atoms with E-state index in [9.17, 15) is 0 Å². The highest BCUT2D eigenvalue weighted by Gasteiger charge is 2.09. The van der Waals surface area contributed by atoms with Gasteiger partial charge in [-0.25, -0.2) is 0 Å². The molecule has 0 saturated carbocycles. The molecule has 0 heterocycles. The van der Waals surface area contributed by atoms with Gasteiger partial charge in [-0.15, -0.1) is 23.2 Å². The number of hydrogen-bond acceptors (Lipinski definition) is 0. The first-order chi connectivity index (χ1) is 4.80. The Hall–Kier alpha value is -0.200. The van der Waals surface area contributed by atoms with Crippen LogP contribution in [0.5, 0.6) is 0 Å². The fourth-order valence-electron chi connectivity index (χ4n) is 0.681. The van der Waals surface area contributed by atoms with Crippen LogP contribution in [-0.2, 0) is 0 Å². The number of rotatable bonds is 0. The SMILES string of the molecule is Cl[C@@H]1C=C/C=C\C=C/[C@@H]1Cl. The highest BCUT2D eigenvalue weighted by Crippen LogP contribution is 2.14. The van der Waals surface area contributed by atoms with Crippen LogP contribution in [0.25, 0.3) is 0 Å². The minimum Gasteiger partial charge on any atom is -0.116 e. The number of hydrogen-bond donors (Lipinski definition) is 0. The lowest BCUT2D eigenvalue weighted by Gasteiger charge is -2.07. The second kappa shape index (κ2) is 3.85. The van der Waals surface area contributed by atoms with E-state index < -0.39 is 0 Å². The summed E-state index contributed by atoms with van der Waals surface area (Å²) in [6, 6.07) is 0. The predicted octanol–water partition coefficient (Wildman–Crippen LogP) is 2.88. The summed E-state index contributed by atoms with van der Waals surface area (Å²) in [5.74, 6) is 0. The molecule has 0 spiro atoms. The van der Waals surface area contributed by atoms with Crippen LogP contribution in [0.4, 0.5) is 0 Å². The van der Waals surface area contributed by atoms with Crippen LogP contribution in [0.3, 0.4) is 0 Å². The molecule has 1 aliphatic carbocycles. The van der Waals surface area contributed by atoms with Crippen LogP contribution in [0, 0.1) is 0 Å². The van der Waals surface area contributed by atoms with Gasteiger partial charge < -0.3 is 0 Å². The van der Waals surface area contributed by atoms with Gasteiger partial charge in [-0.3, -0.25) is 0 Å². The van der Waals surface area contributed by atoms with Crippen molar-refractivity contribution in [1.82, 2.24) is 0 Å². The average molecular weight is 175 g/mol. The molecule has 0 amide bonds. The molecule has 0 fully saturated rings. The average Bonchev–Trinajstić information content (AvgIpc) is 1.92. The molecule has 2 atom stereocenters. The first kappa shape index (κ1) is 7.90. The lowest BCUT2D eigenvalue weighted by molar-refractivity contribution is 1.06. The molecule has 0 unspecified atom stereocenters. The van der Waals surface area contributed by atoms with E-state index in [1.807, 2.05) is 36.5 Å². The summed E-state index contributed by atoms with van der Waals surface area (Å²) in [5.41, 5.74) is 0. The molecule has 0 aliphatic heterocycles. The van der Waals surface area contributed by atoms with E-state index in [2.05, 4.69) is 0 Å². The molecule has 54 valence electrons. The zero-order chi connectivity index (χ0) is 7.40. The maximum Gasteiger partial charge on any atom is 0.0718 e.